The van der Waals surface area contributed by atoms with Crippen LogP contribution in [-0.2, 0) is 0 Å². The van der Waals surface area contributed by atoms with Crippen molar-refractivity contribution >= 4 is 52.9 Å². The van der Waals surface area contributed by atoms with Crippen LogP contribution < -0.4 is 5.73 Å². The molecule has 0 radical (unpaired) electrons. The second-order valence-electron chi connectivity index (χ2n) is 4.76. The van der Waals surface area contributed by atoms with Crippen molar-refractivity contribution in [3.63, 3.8) is 0 Å². The molecule has 2 heterocycles. The topological polar surface area (TPSA) is 46.3 Å². The highest BCUT2D eigenvalue weighted by Gasteiger charge is 2.31. The van der Waals surface area contributed by atoms with E-state index in [2.05, 4.69) is 6.92 Å². The molecule has 7 heteroatoms. The zero-order valence-corrected chi connectivity index (χ0v) is 13.7. The molecule has 1 saturated heterocycles. The summed E-state index contributed by atoms with van der Waals surface area (Å²) in [5, 5.41) is 0. The molecule has 2 rings (SSSR count). The van der Waals surface area contributed by atoms with Gasteiger partial charge in [0.05, 0.1) is 9.90 Å². The highest BCUT2D eigenvalue weighted by molar-refractivity contribution is 7.20. The summed E-state index contributed by atoms with van der Waals surface area (Å²) >= 11 is 13.1. The molecule has 2 atom stereocenters. The van der Waals surface area contributed by atoms with Gasteiger partial charge in [-0.05, 0) is 24.8 Å². The van der Waals surface area contributed by atoms with Crippen molar-refractivity contribution in [2.24, 2.45) is 11.7 Å². The molecule has 1 amide bonds. The fourth-order valence-electron chi connectivity index (χ4n) is 2.38. The third-order valence-electron chi connectivity index (χ3n) is 3.40. The predicted octanol–water partition coefficient (Wildman–Crippen LogP) is 3.68. The first-order chi connectivity index (χ1) is 8.52. The maximum absolute atomic E-state index is 12.4. The number of nitrogens with two attached hydrogens (primary N) is 1. The van der Waals surface area contributed by atoms with Crippen LogP contribution in [0.3, 0.4) is 0 Å². The van der Waals surface area contributed by atoms with Crippen molar-refractivity contribution < 1.29 is 4.79 Å². The van der Waals surface area contributed by atoms with Gasteiger partial charge in [0.15, 0.2) is 0 Å². The zero-order valence-electron chi connectivity index (χ0n) is 10.6. The standard InChI is InChI=1S/C12H16Cl2N2OS.ClH/c1-7-2-3-16(8(4-7)6-15)12(17)9-5-10(13)18-11(9)14;/h5,7-8H,2-4,6,15H2,1H3;1H. The average Bonchev–Trinajstić information content (AvgIpc) is 2.67. The van der Waals surface area contributed by atoms with Crippen molar-refractivity contribution in [3.8, 4) is 0 Å². The van der Waals surface area contributed by atoms with Crippen molar-refractivity contribution in [1.29, 1.82) is 0 Å². The van der Waals surface area contributed by atoms with Crippen LogP contribution in [-0.4, -0.2) is 29.9 Å². The molecule has 1 aromatic rings. The smallest absolute Gasteiger partial charge is 0.256 e. The number of piperidine rings is 1. The first kappa shape index (κ1) is 17.1. The fraction of sp³-hybridized carbons (Fsp3) is 0.583. The van der Waals surface area contributed by atoms with Crippen LogP contribution in [0.5, 0.6) is 0 Å². The van der Waals surface area contributed by atoms with Crippen LogP contribution in [0.1, 0.15) is 30.1 Å². The lowest BCUT2D eigenvalue weighted by molar-refractivity contribution is 0.0574. The third kappa shape index (κ3) is 3.76. The van der Waals surface area contributed by atoms with Crippen molar-refractivity contribution in [2.45, 2.75) is 25.8 Å². The number of amides is 1. The predicted molar refractivity (Wildman–Crippen MR) is 83.9 cm³/mol. The number of carbonyl (C=O) groups excluding carboxylic acids is 1. The van der Waals surface area contributed by atoms with E-state index in [-0.39, 0.29) is 24.4 Å². The Bertz CT molecular complexity index is 452. The van der Waals surface area contributed by atoms with Gasteiger partial charge >= 0.3 is 0 Å². The summed E-state index contributed by atoms with van der Waals surface area (Å²) in [5.74, 6) is 0.564. The Kier molecular flexibility index (Phi) is 6.40. The Balaban J connectivity index is 0.00000180. The number of carbonyl (C=O) groups is 1. The summed E-state index contributed by atoms with van der Waals surface area (Å²) in [4.78, 5) is 14.3. The minimum absolute atomic E-state index is 0. The normalized spacial score (nSPS) is 23.1. The lowest BCUT2D eigenvalue weighted by atomic mass is 9.92. The first-order valence-electron chi connectivity index (χ1n) is 5.98. The molecule has 1 aliphatic rings. The minimum Gasteiger partial charge on any atom is -0.334 e. The molecular weight excluding hydrogens is 327 g/mol. The molecule has 0 bridgehead atoms. The molecule has 2 unspecified atom stereocenters. The Labute approximate surface area is 133 Å². The summed E-state index contributed by atoms with van der Waals surface area (Å²) in [6.45, 7) is 3.43. The first-order valence-corrected chi connectivity index (χ1v) is 7.56. The second-order valence-corrected chi connectivity index (χ2v) is 7.04. The van der Waals surface area contributed by atoms with Gasteiger partial charge in [-0.1, -0.05) is 30.1 Å². The average molecular weight is 344 g/mol. The van der Waals surface area contributed by atoms with Gasteiger partial charge in [-0.3, -0.25) is 4.79 Å². The number of halogens is 3. The number of hydrogen-bond donors (Lipinski definition) is 1. The quantitative estimate of drug-likeness (QED) is 0.890. The maximum atomic E-state index is 12.4. The van der Waals surface area contributed by atoms with E-state index in [1.165, 1.54) is 11.3 Å². The largest absolute Gasteiger partial charge is 0.334 e. The molecule has 1 fully saturated rings. The summed E-state index contributed by atoms with van der Waals surface area (Å²) in [6.07, 6.45) is 1.97. The molecule has 0 aromatic carbocycles. The van der Waals surface area contributed by atoms with Crippen LogP contribution >= 0.6 is 46.9 Å². The maximum Gasteiger partial charge on any atom is 0.256 e. The lowest BCUT2D eigenvalue weighted by Crippen LogP contribution is -2.49. The van der Waals surface area contributed by atoms with Gasteiger partial charge in [0.25, 0.3) is 5.91 Å². The molecule has 108 valence electrons. The van der Waals surface area contributed by atoms with Gasteiger partial charge in [0.1, 0.15) is 4.34 Å². The molecule has 1 aliphatic heterocycles. The molecule has 0 saturated carbocycles. The van der Waals surface area contributed by atoms with Crippen molar-refractivity contribution in [1.82, 2.24) is 4.90 Å². The molecule has 19 heavy (non-hydrogen) atoms. The Morgan fingerprint density at radius 2 is 2.26 bits per heavy atom. The number of nitrogens with zero attached hydrogens (tertiary/aromatic N) is 1. The van der Waals surface area contributed by atoms with Crippen LogP contribution in [0.2, 0.25) is 8.67 Å². The van der Waals surface area contributed by atoms with Gasteiger partial charge in [-0.15, -0.1) is 23.7 Å². The van der Waals surface area contributed by atoms with E-state index in [4.69, 9.17) is 28.9 Å². The van der Waals surface area contributed by atoms with Crippen LogP contribution in [0, 0.1) is 5.92 Å². The van der Waals surface area contributed by atoms with E-state index in [0.29, 0.717) is 26.7 Å². The molecule has 0 spiro atoms. The zero-order chi connectivity index (χ0) is 13.3. The van der Waals surface area contributed by atoms with Gasteiger partial charge in [-0.2, -0.15) is 0 Å². The molecule has 2 N–H and O–H groups in total. The van der Waals surface area contributed by atoms with Crippen molar-refractivity contribution in [2.75, 3.05) is 13.1 Å². The number of rotatable bonds is 2. The lowest BCUT2D eigenvalue weighted by Gasteiger charge is -2.37. The summed E-state index contributed by atoms with van der Waals surface area (Å²) < 4.78 is 0.998. The minimum atomic E-state index is -0.0505. The Hall–Kier alpha value is -0.000000000000000167. The van der Waals surface area contributed by atoms with E-state index >= 15 is 0 Å². The number of hydrogen-bond acceptors (Lipinski definition) is 3. The van der Waals surface area contributed by atoms with Gasteiger partial charge in [-0.25, -0.2) is 0 Å². The number of likely N-dealkylation sites (tertiary alicyclic amines) is 1. The molecule has 0 aliphatic carbocycles. The molecular formula is C12H17Cl3N2OS. The van der Waals surface area contributed by atoms with E-state index < -0.39 is 0 Å². The third-order valence-corrected chi connectivity index (χ3v) is 4.89. The van der Waals surface area contributed by atoms with Crippen LogP contribution in [0.25, 0.3) is 0 Å². The number of thiophene rings is 1. The SMILES string of the molecule is CC1CCN(C(=O)c2cc(Cl)sc2Cl)C(CN)C1.Cl. The van der Waals surface area contributed by atoms with Gasteiger partial charge < -0.3 is 10.6 Å². The highest BCUT2D eigenvalue weighted by Crippen LogP contribution is 2.33. The van der Waals surface area contributed by atoms with Crippen LogP contribution in [0.15, 0.2) is 6.07 Å². The molecule has 3 nitrogen and oxygen atoms in total. The highest BCUT2D eigenvalue weighted by atomic mass is 35.5. The van der Waals surface area contributed by atoms with E-state index in [9.17, 15) is 4.79 Å². The molecule has 1 aromatic heterocycles. The van der Waals surface area contributed by atoms with Crippen molar-refractivity contribution in [3.05, 3.63) is 20.3 Å². The van der Waals surface area contributed by atoms with E-state index in [1.807, 2.05) is 4.90 Å². The van der Waals surface area contributed by atoms with E-state index in [1.54, 1.807) is 6.07 Å². The second kappa shape index (κ2) is 7.14. The monoisotopic (exact) mass is 342 g/mol. The van der Waals surface area contributed by atoms with E-state index in [0.717, 1.165) is 19.4 Å². The van der Waals surface area contributed by atoms with Gasteiger partial charge in [0.2, 0.25) is 0 Å². The Morgan fingerprint density at radius 1 is 1.58 bits per heavy atom. The summed E-state index contributed by atoms with van der Waals surface area (Å²) in [7, 11) is 0. The van der Waals surface area contributed by atoms with Crippen LogP contribution in [0.4, 0.5) is 0 Å². The summed E-state index contributed by atoms with van der Waals surface area (Å²) in [5.41, 5.74) is 6.26. The van der Waals surface area contributed by atoms with Gasteiger partial charge in [0, 0.05) is 19.1 Å². The Morgan fingerprint density at radius 3 is 2.79 bits per heavy atom. The fourth-order valence-corrected chi connectivity index (χ4v) is 3.83. The summed E-state index contributed by atoms with van der Waals surface area (Å²) in [6, 6.07) is 1.75.